The largest absolute Gasteiger partial charge is 0.479 e. The number of rotatable bonds is 3. The molecule has 0 aliphatic heterocycles. The molecule has 0 aromatic heterocycles. The number of hydrogen-bond acceptors (Lipinski definition) is 3. The Morgan fingerprint density at radius 1 is 1.35 bits per heavy atom. The predicted molar refractivity (Wildman–Crippen MR) is 78.6 cm³/mol. The number of benzene rings is 1. The maximum atomic E-state index is 11.7. The smallest absolute Gasteiger partial charge is 0.408 e. The van der Waals surface area contributed by atoms with Crippen molar-refractivity contribution in [3.05, 3.63) is 33.8 Å². The van der Waals surface area contributed by atoms with Crippen molar-refractivity contribution in [3.63, 3.8) is 0 Å². The van der Waals surface area contributed by atoms with Gasteiger partial charge in [-0.05, 0) is 44.9 Å². The van der Waals surface area contributed by atoms with Crippen molar-refractivity contribution in [2.24, 2.45) is 0 Å². The van der Waals surface area contributed by atoms with Gasteiger partial charge >= 0.3 is 12.1 Å². The van der Waals surface area contributed by atoms with Gasteiger partial charge in [-0.2, -0.15) is 0 Å². The molecule has 0 radical (unpaired) electrons. The third kappa shape index (κ3) is 4.85. The minimum atomic E-state index is -1.14. The Labute approximate surface area is 126 Å². The molecule has 1 aromatic carbocycles. The first kappa shape index (κ1) is 16.5. The lowest BCUT2D eigenvalue weighted by Crippen LogP contribution is -2.38. The van der Waals surface area contributed by atoms with Crippen LogP contribution >= 0.6 is 15.9 Å². The van der Waals surface area contributed by atoms with E-state index in [-0.39, 0.29) is 0 Å². The number of alkyl carbamates (subject to hydrolysis) is 1. The third-order valence-corrected chi connectivity index (χ3v) is 3.31. The molecule has 0 aliphatic rings. The lowest BCUT2D eigenvalue weighted by molar-refractivity contribution is -0.139. The average molecular weight is 344 g/mol. The van der Waals surface area contributed by atoms with Crippen molar-refractivity contribution < 1.29 is 19.4 Å². The van der Waals surface area contributed by atoms with Crippen LogP contribution in [0.4, 0.5) is 4.79 Å². The number of amides is 1. The van der Waals surface area contributed by atoms with Gasteiger partial charge in [-0.1, -0.05) is 28.1 Å². The predicted octanol–water partition coefficient (Wildman–Crippen LogP) is 3.41. The second-order valence-electron chi connectivity index (χ2n) is 5.43. The van der Waals surface area contributed by atoms with Crippen LogP contribution in [0.5, 0.6) is 0 Å². The highest BCUT2D eigenvalue weighted by molar-refractivity contribution is 9.10. The number of ether oxygens (including phenoxy) is 1. The summed E-state index contributed by atoms with van der Waals surface area (Å²) >= 11 is 3.35. The van der Waals surface area contributed by atoms with Gasteiger partial charge in [-0.25, -0.2) is 9.59 Å². The third-order valence-electron chi connectivity index (χ3n) is 2.42. The molecule has 1 rings (SSSR count). The molecule has 0 saturated carbocycles. The van der Waals surface area contributed by atoms with Crippen LogP contribution in [-0.4, -0.2) is 22.8 Å². The molecule has 0 aliphatic carbocycles. The molecule has 1 aromatic rings. The van der Waals surface area contributed by atoms with E-state index < -0.39 is 23.7 Å². The van der Waals surface area contributed by atoms with Gasteiger partial charge in [0.2, 0.25) is 0 Å². The summed E-state index contributed by atoms with van der Waals surface area (Å²) in [7, 11) is 0. The molecular formula is C14H18BrNO4. The van der Waals surface area contributed by atoms with E-state index in [1.807, 2.05) is 6.92 Å². The van der Waals surface area contributed by atoms with E-state index in [1.54, 1.807) is 39.0 Å². The van der Waals surface area contributed by atoms with Gasteiger partial charge in [0, 0.05) is 4.47 Å². The normalized spacial score (nSPS) is 12.7. The van der Waals surface area contributed by atoms with E-state index in [4.69, 9.17) is 4.74 Å². The second-order valence-corrected chi connectivity index (χ2v) is 6.28. The Morgan fingerprint density at radius 3 is 2.40 bits per heavy atom. The minimum absolute atomic E-state index is 0.490. The summed E-state index contributed by atoms with van der Waals surface area (Å²) in [6.07, 6.45) is -0.759. The molecule has 1 atom stereocenters. The SMILES string of the molecule is Cc1cc(C(NC(=O)OC(C)(C)C)C(=O)O)ccc1Br. The Kier molecular flexibility index (Phi) is 5.16. The van der Waals surface area contributed by atoms with Crippen LogP contribution in [0.25, 0.3) is 0 Å². The van der Waals surface area contributed by atoms with E-state index in [1.165, 1.54) is 0 Å². The topological polar surface area (TPSA) is 75.6 Å². The summed E-state index contributed by atoms with van der Waals surface area (Å²) in [6.45, 7) is 6.99. The number of carboxylic acids is 1. The van der Waals surface area contributed by atoms with Gasteiger partial charge in [0.25, 0.3) is 0 Å². The van der Waals surface area contributed by atoms with E-state index in [0.29, 0.717) is 5.56 Å². The van der Waals surface area contributed by atoms with Gasteiger partial charge < -0.3 is 15.2 Å². The summed E-state index contributed by atoms with van der Waals surface area (Å²) in [5, 5.41) is 11.6. The Hall–Kier alpha value is -1.56. The fourth-order valence-corrected chi connectivity index (χ4v) is 1.81. The Balaban J connectivity index is 2.92. The number of carboxylic acid groups (broad SMARTS) is 1. The van der Waals surface area contributed by atoms with Crippen LogP contribution in [-0.2, 0) is 9.53 Å². The van der Waals surface area contributed by atoms with Crippen LogP contribution in [0.3, 0.4) is 0 Å². The first-order valence-electron chi connectivity index (χ1n) is 6.08. The molecule has 0 heterocycles. The summed E-state index contributed by atoms with van der Waals surface area (Å²) in [6, 6.07) is 3.96. The number of aryl methyl sites for hydroxylation is 1. The fraction of sp³-hybridized carbons (Fsp3) is 0.429. The van der Waals surface area contributed by atoms with Gasteiger partial charge in [0.1, 0.15) is 5.60 Å². The average Bonchev–Trinajstić information content (AvgIpc) is 2.27. The summed E-state index contributed by atoms with van der Waals surface area (Å²) in [5.74, 6) is -1.14. The molecule has 110 valence electrons. The van der Waals surface area contributed by atoms with Crippen LogP contribution < -0.4 is 5.32 Å². The monoisotopic (exact) mass is 343 g/mol. The molecule has 6 heteroatoms. The van der Waals surface area contributed by atoms with Crippen molar-refractivity contribution in [2.45, 2.75) is 39.3 Å². The van der Waals surface area contributed by atoms with Crippen LogP contribution in [0.2, 0.25) is 0 Å². The van der Waals surface area contributed by atoms with E-state index in [2.05, 4.69) is 21.2 Å². The molecule has 5 nitrogen and oxygen atoms in total. The molecule has 1 amide bonds. The molecule has 0 bridgehead atoms. The minimum Gasteiger partial charge on any atom is -0.479 e. The van der Waals surface area contributed by atoms with Crippen molar-refractivity contribution in [2.75, 3.05) is 0 Å². The van der Waals surface area contributed by atoms with E-state index in [0.717, 1.165) is 10.0 Å². The Morgan fingerprint density at radius 2 is 1.95 bits per heavy atom. The van der Waals surface area contributed by atoms with Gasteiger partial charge in [-0.15, -0.1) is 0 Å². The number of aliphatic carboxylic acids is 1. The summed E-state index contributed by atoms with van der Waals surface area (Å²) in [5.41, 5.74) is 0.701. The van der Waals surface area contributed by atoms with Gasteiger partial charge in [0.05, 0.1) is 0 Å². The van der Waals surface area contributed by atoms with E-state index >= 15 is 0 Å². The summed E-state index contributed by atoms with van der Waals surface area (Å²) < 4.78 is 5.95. The quantitative estimate of drug-likeness (QED) is 0.881. The standard InChI is InChI=1S/C14H18BrNO4/c1-8-7-9(5-6-10(8)15)11(12(17)18)16-13(19)20-14(2,3)4/h5-7,11H,1-4H3,(H,16,19)(H,17,18). The maximum absolute atomic E-state index is 11.7. The highest BCUT2D eigenvalue weighted by Crippen LogP contribution is 2.22. The maximum Gasteiger partial charge on any atom is 0.408 e. The fourth-order valence-electron chi connectivity index (χ4n) is 1.56. The number of carbonyl (C=O) groups excluding carboxylic acids is 1. The zero-order valence-electron chi connectivity index (χ0n) is 11.9. The molecule has 20 heavy (non-hydrogen) atoms. The molecule has 0 fully saturated rings. The van der Waals surface area contributed by atoms with Crippen molar-refractivity contribution in [1.82, 2.24) is 5.32 Å². The highest BCUT2D eigenvalue weighted by atomic mass is 79.9. The molecular weight excluding hydrogens is 326 g/mol. The van der Waals surface area contributed by atoms with Crippen molar-refractivity contribution in [3.8, 4) is 0 Å². The van der Waals surface area contributed by atoms with Crippen molar-refractivity contribution in [1.29, 1.82) is 0 Å². The van der Waals surface area contributed by atoms with Crippen molar-refractivity contribution >= 4 is 28.0 Å². The lowest BCUT2D eigenvalue weighted by Gasteiger charge is -2.22. The molecule has 2 N–H and O–H groups in total. The molecule has 0 saturated heterocycles. The first-order chi connectivity index (χ1) is 9.10. The highest BCUT2D eigenvalue weighted by Gasteiger charge is 2.25. The molecule has 0 spiro atoms. The number of hydrogen-bond donors (Lipinski definition) is 2. The number of halogens is 1. The zero-order valence-corrected chi connectivity index (χ0v) is 13.4. The van der Waals surface area contributed by atoms with Gasteiger partial charge in [-0.3, -0.25) is 0 Å². The van der Waals surface area contributed by atoms with Crippen LogP contribution in [0.1, 0.15) is 37.9 Å². The van der Waals surface area contributed by atoms with Gasteiger partial charge in [0.15, 0.2) is 6.04 Å². The Bertz CT molecular complexity index is 522. The second kappa shape index (κ2) is 6.26. The first-order valence-corrected chi connectivity index (χ1v) is 6.88. The van der Waals surface area contributed by atoms with Crippen LogP contribution in [0, 0.1) is 6.92 Å². The number of carbonyl (C=O) groups is 2. The zero-order chi connectivity index (χ0) is 15.5. The lowest BCUT2D eigenvalue weighted by atomic mass is 10.0. The number of nitrogens with one attached hydrogen (secondary N) is 1. The van der Waals surface area contributed by atoms with Crippen LogP contribution in [0.15, 0.2) is 22.7 Å². The molecule has 1 unspecified atom stereocenters. The van der Waals surface area contributed by atoms with E-state index in [9.17, 15) is 14.7 Å². The summed E-state index contributed by atoms with van der Waals surface area (Å²) in [4.78, 5) is 23.0.